The van der Waals surface area contributed by atoms with Crippen molar-refractivity contribution in [1.29, 1.82) is 0 Å². The maximum Gasteiger partial charge on any atom is 0.245 e. The van der Waals surface area contributed by atoms with Crippen LogP contribution < -0.4 is 4.90 Å². The predicted molar refractivity (Wildman–Crippen MR) is 93.4 cm³/mol. The van der Waals surface area contributed by atoms with Gasteiger partial charge in [-0.2, -0.15) is 0 Å². The average Bonchev–Trinajstić information content (AvgIpc) is 2.58. The van der Waals surface area contributed by atoms with Crippen LogP contribution in [0, 0.1) is 19.8 Å². The Morgan fingerprint density at radius 3 is 2.52 bits per heavy atom. The lowest BCUT2D eigenvalue weighted by Gasteiger charge is -2.34. The number of rotatable bonds is 4. The van der Waals surface area contributed by atoms with Crippen molar-refractivity contribution in [3.05, 3.63) is 42.0 Å². The molecule has 0 atom stereocenters. The van der Waals surface area contributed by atoms with Crippen molar-refractivity contribution >= 4 is 17.5 Å². The topological polar surface area (TPSA) is 40.6 Å². The van der Waals surface area contributed by atoms with Gasteiger partial charge in [-0.25, -0.2) is 0 Å². The number of likely N-dealkylation sites (tertiary alicyclic amines) is 1. The van der Waals surface area contributed by atoms with Crippen molar-refractivity contribution in [3.8, 4) is 0 Å². The normalized spacial score (nSPS) is 15.3. The number of benzene rings is 1. The van der Waals surface area contributed by atoms with Crippen LogP contribution in [-0.4, -0.2) is 36.3 Å². The summed E-state index contributed by atoms with van der Waals surface area (Å²) in [6.07, 6.45) is 2.79. The van der Waals surface area contributed by atoms with E-state index in [0.29, 0.717) is 19.6 Å². The molecule has 4 nitrogen and oxygen atoms in total. The lowest BCUT2D eigenvalue weighted by atomic mass is 9.94. The van der Waals surface area contributed by atoms with E-state index in [-0.39, 0.29) is 17.7 Å². The maximum atomic E-state index is 12.9. The molecule has 4 heteroatoms. The fourth-order valence-electron chi connectivity index (χ4n) is 3.17. The van der Waals surface area contributed by atoms with E-state index in [9.17, 15) is 9.59 Å². The lowest BCUT2D eigenvalue weighted by Crippen LogP contribution is -2.44. The maximum absolute atomic E-state index is 12.9. The van der Waals surface area contributed by atoms with Crippen molar-refractivity contribution in [3.63, 3.8) is 0 Å². The van der Waals surface area contributed by atoms with Crippen molar-refractivity contribution in [2.75, 3.05) is 24.5 Å². The van der Waals surface area contributed by atoms with E-state index in [1.54, 1.807) is 4.90 Å². The van der Waals surface area contributed by atoms with E-state index in [2.05, 4.69) is 26.5 Å². The summed E-state index contributed by atoms with van der Waals surface area (Å²) in [6, 6.07) is 6.08. The highest BCUT2D eigenvalue weighted by atomic mass is 16.2. The Bertz CT molecular complexity index is 601. The van der Waals surface area contributed by atoms with Gasteiger partial charge >= 0.3 is 0 Å². The standard InChI is InChI=1S/C19H26N2O2/c1-5-18(22)20-12-10-16(11-13-20)19(23)21(6-2)17-9-7-8-14(3)15(17)4/h5,7-9,16H,1,6,10-13H2,2-4H3. The second-order valence-electron chi connectivity index (χ2n) is 6.11. The minimum atomic E-state index is -0.0437. The van der Waals surface area contributed by atoms with Crippen LogP contribution in [-0.2, 0) is 9.59 Å². The van der Waals surface area contributed by atoms with Crippen molar-refractivity contribution < 1.29 is 9.59 Å². The third-order valence-corrected chi connectivity index (χ3v) is 4.78. The number of hydrogen-bond donors (Lipinski definition) is 0. The van der Waals surface area contributed by atoms with Gasteiger partial charge in [-0.05, 0) is 56.9 Å². The number of anilines is 1. The molecule has 0 aromatic heterocycles. The molecule has 2 rings (SSSR count). The summed E-state index contributed by atoms with van der Waals surface area (Å²) in [5.74, 6) is 0.119. The molecule has 0 bridgehead atoms. The fraction of sp³-hybridized carbons (Fsp3) is 0.474. The van der Waals surface area contributed by atoms with Gasteiger partial charge in [-0.15, -0.1) is 0 Å². The monoisotopic (exact) mass is 314 g/mol. The summed E-state index contributed by atoms with van der Waals surface area (Å²) in [5, 5.41) is 0. The summed E-state index contributed by atoms with van der Waals surface area (Å²) in [5.41, 5.74) is 3.35. The van der Waals surface area contributed by atoms with Gasteiger partial charge in [0.15, 0.2) is 0 Å². The molecule has 1 aromatic rings. The highest BCUT2D eigenvalue weighted by Gasteiger charge is 2.30. The lowest BCUT2D eigenvalue weighted by molar-refractivity contribution is -0.131. The summed E-state index contributed by atoms with van der Waals surface area (Å²) in [7, 11) is 0. The molecular weight excluding hydrogens is 288 g/mol. The van der Waals surface area contributed by atoms with E-state index < -0.39 is 0 Å². The molecule has 1 fully saturated rings. The van der Waals surface area contributed by atoms with E-state index >= 15 is 0 Å². The SMILES string of the molecule is C=CC(=O)N1CCC(C(=O)N(CC)c2cccc(C)c2C)CC1. The van der Waals surface area contributed by atoms with Crippen LogP contribution in [0.1, 0.15) is 30.9 Å². The molecule has 23 heavy (non-hydrogen) atoms. The van der Waals surface area contributed by atoms with E-state index in [1.165, 1.54) is 11.6 Å². The summed E-state index contributed by atoms with van der Waals surface area (Å²) in [6.45, 7) is 11.6. The number of hydrogen-bond acceptors (Lipinski definition) is 2. The molecule has 1 saturated heterocycles. The molecule has 1 aliphatic rings. The molecule has 0 spiro atoms. The number of piperidine rings is 1. The van der Waals surface area contributed by atoms with Gasteiger partial charge in [0.25, 0.3) is 0 Å². The van der Waals surface area contributed by atoms with Crippen LogP contribution in [0.3, 0.4) is 0 Å². The zero-order chi connectivity index (χ0) is 17.0. The Kier molecular flexibility index (Phi) is 5.59. The van der Waals surface area contributed by atoms with Crippen LogP contribution in [0.5, 0.6) is 0 Å². The van der Waals surface area contributed by atoms with Gasteiger partial charge in [0.1, 0.15) is 0 Å². The van der Waals surface area contributed by atoms with E-state index in [4.69, 9.17) is 0 Å². The molecule has 1 aromatic carbocycles. The van der Waals surface area contributed by atoms with Gasteiger partial charge in [0, 0.05) is 31.2 Å². The van der Waals surface area contributed by atoms with Gasteiger partial charge in [-0.1, -0.05) is 18.7 Å². The van der Waals surface area contributed by atoms with Gasteiger partial charge < -0.3 is 9.80 Å². The Hall–Kier alpha value is -2.10. The number of carbonyl (C=O) groups excluding carboxylic acids is 2. The van der Waals surface area contributed by atoms with Crippen molar-refractivity contribution in [2.24, 2.45) is 5.92 Å². The summed E-state index contributed by atoms with van der Waals surface area (Å²) >= 11 is 0. The molecule has 1 aliphatic heterocycles. The molecule has 2 amide bonds. The Balaban J connectivity index is 2.11. The van der Waals surface area contributed by atoms with Crippen LogP contribution >= 0.6 is 0 Å². The third-order valence-electron chi connectivity index (χ3n) is 4.78. The number of amides is 2. The fourth-order valence-corrected chi connectivity index (χ4v) is 3.17. The van der Waals surface area contributed by atoms with Crippen molar-refractivity contribution in [1.82, 2.24) is 4.90 Å². The Labute approximate surface area is 138 Å². The molecule has 0 aliphatic carbocycles. The molecule has 124 valence electrons. The third kappa shape index (κ3) is 3.63. The molecule has 1 heterocycles. The van der Waals surface area contributed by atoms with Gasteiger partial charge in [-0.3, -0.25) is 9.59 Å². The minimum absolute atomic E-state index is 0.0104. The molecule has 0 radical (unpaired) electrons. The number of nitrogens with zero attached hydrogens (tertiary/aromatic N) is 2. The predicted octanol–water partition coefficient (Wildman–Crippen LogP) is 3.08. The zero-order valence-corrected chi connectivity index (χ0v) is 14.3. The zero-order valence-electron chi connectivity index (χ0n) is 14.3. The second kappa shape index (κ2) is 7.44. The summed E-state index contributed by atoms with van der Waals surface area (Å²) < 4.78 is 0. The van der Waals surface area contributed by atoms with Crippen LogP contribution in [0.2, 0.25) is 0 Å². The summed E-state index contributed by atoms with van der Waals surface area (Å²) in [4.78, 5) is 28.2. The average molecular weight is 314 g/mol. The van der Waals surface area contributed by atoms with Crippen LogP contribution in [0.15, 0.2) is 30.9 Å². The van der Waals surface area contributed by atoms with Crippen LogP contribution in [0.25, 0.3) is 0 Å². The molecule has 0 N–H and O–H groups in total. The first-order chi connectivity index (χ1) is 11.0. The van der Waals surface area contributed by atoms with Crippen LogP contribution in [0.4, 0.5) is 5.69 Å². The Morgan fingerprint density at radius 1 is 1.30 bits per heavy atom. The van der Waals surface area contributed by atoms with Crippen molar-refractivity contribution in [2.45, 2.75) is 33.6 Å². The number of carbonyl (C=O) groups is 2. The van der Waals surface area contributed by atoms with Gasteiger partial charge in [0.05, 0.1) is 0 Å². The van der Waals surface area contributed by atoms with E-state index in [1.807, 2.05) is 24.0 Å². The highest BCUT2D eigenvalue weighted by molar-refractivity contribution is 5.96. The first kappa shape index (κ1) is 17.3. The molecular formula is C19H26N2O2. The minimum Gasteiger partial charge on any atom is -0.339 e. The largest absolute Gasteiger partial charge is 0.339 e. The first-order valence-corrected chi connectivity index (χ1v) is 8.28. The Morgan fingerprint density at radius 2 is 1.96 bits per heavy atom. The molecule has 0 saturated carbocycles. The molecule has 0 unspecified atom stereocenters. The smallest absolute Gasteiger partial charge is 0.245 e. The number of aryl methyl sites for hydroxylation is 1. The first-order valence-electron chi connectivity index (χ1n) is 8.28. The second-order valence-corrected chi connectivity index (χ2v) is 6.11. The quantitative estimate of drug-likeness (QED) is 0.801. The van der Waals surface area contributed by atoms with E-state index in [0.717, 1.165) is 24.1 Å². The van der Waals surface area contributed by atoms with Gasteiger partial charge in [0.2, 0.25) is 11.8 Å². The highest BCUT2D eigenvalue weighted by Crippen LogP contribution is 2.27.